The summed E-state index contributed by atoms with van der Waals surface area (Å²) >= 11 is 0. The standard InChI is InChI=1S/C31H37FN2O4/c1-4-23(2)33-31(36)29(21-24-11-6-5-7-12-24)34(22-25-13-8-9-14-28(25)32)30(35)15-10-20-38-27-18-16-26(37-3)17-19-27/h5-9,11-14,16-19,23,29H,4,10,15,20-22H2,1-3H3,(H,33,36)/t23-,29+/m0/s1. The van der Waals surface area contributed by atoms with Crippen molar-refractivity contribution in [1.29, 1.82) is 0 Å². The minimum Gasteiger partial charge on any atom is -0.497 e. The third-order valence-electron chi connectivity index (χ3n) is 6.43. The SMILES string of the molecule is CC[C@H](C)NC(=O)[C@@H](Cc1ccccc1)N(Cc1ccccc1F)C(=O)CCCOc1ccc(OC)cc1. The second-order valence-corrected chi connectivity index (χ2v) is 9.26. The molecule has 0 fully saturated rings. The van der Waals surface area contributed by atoms with Gasteiger partial charge in [0.2, 0.25) is 11.8 Å². The summed E-state index contributed by atoms with van der Waals surface area (Å²) in [6, 6.07) is 22.3. The third kappa shape index (κ3) is 8.61. The molecule has 0 spiro atoms. The molecular formula is C31H37FN2O4. The predicted octanol–water partition coefficient (Wildman–Crippen LogP) is 5.55. The second kappa shape index (κ2) is 14.8. The molecule has 0 aliphatic carbocycles. The van der Waals surface area contributed by atoms with Crippen molar-refractivity contribution in [3.63, 3.8) is 0 Å². The summed E-state index contributed by atoms with van der Waals surface area (Å²) < 4.78 is 25.6. The molecule has 3 aromatic carbocycles. The highest BCUT2D eigenvalue weighted by Crippen LogP contribution is 2.20. The zero-order valence-electron chi connectivity index (χ0n) is 22.4. The topological polar surface area (TPSA) is 67.9 Å². The third-order valence-corrected chi connectivity index (χ3v) is 6.43. The largest absolute Gasteiger partial charge is 0.497 e. The Kier molecular flexibility index (Phi) is 11.1. The van der Waals surface area contributed by atoms with Gasteiger partial charge >= 0.3 is 0 Å². The molecule has 3 rings (SSSR count). The van der Waals surface area contributed by atoms with Crippen LogP contribution >= 0.6 is 0 Å². The summed E-state index contributed by atoms with van der Waals surface area (Å²) in [6.45, 7) is 4.24. The number of halogens is 1. The molecule has 202 valence electrons. The number of carbonyl (C=O) groups excluding carboxylic acids is 2. The molecule has 1 N–H and O–H groups in total. The molecule has 0 saturated heterocycles. The Morgan fingerprint density at radius 1 is 0.947 bits per heavy atom. The van der Waals surface area contributed by atoms with E-state index in [0.29, 0.717) is 30.8 Å². The van der Waals surface area contributed by atoms with Crippen molar-refractivity contribution >= 4 is 11.8 Å². The van der Waals surface area contributed by atoms with E-state index in [1.165, 1.54) is 11.0 Å². The van der Waals surface area contributed by atoms with Crippen LogP contribution in [0.25, 0.3) is 0 Å². The van der Waals surface area contributed by atoms with E-state index in [2.05, 4.69) is 5.32 Å². The maximum Gasteiger partial charge on any atom is 0.243 e. The van der Waals surface area contributed by atoms with E-state index in [1.54, 1.807) is 49.6 Å². The highest BCUT2D eigenvalue weighted by atomic mass is 19.1. The number of hydrogen-bond donors (Lipinski definition) is 1. The molecule has 0 heterocycles. The van der Waals surface area contributed by atoms with E-state index < -0.39 is 11.9 Å². The lowest BCUT2D eigenvalue weighted by Crippen LogP contribution is -2.52. The number of amides is 2. The Hall–Kier alpha value is -3.87. The predicted molar refractivity (Wildman–Crippen MR) is 147 cm³/mol. The Labute approximate surface area is 224 Å². The van der Waals surface area contributed by atoms with Gasteiger partial charge in [-0.1, -0.05) is 55.5 Å². The number of carbonyl (C=O) groups is 2. The van der Waals surface area contributed by atoms with Crippen molar-refractivity contribution in [2.75, 3.05) is 13.7 Å². The van der Waals surface area contributed by atoms with Gasteiger partial charge in [0.15, 0.2) is 0 Å². The number of nitrogens with zero attached hydrogens (tertiary/aromatic N) is 1. The zero-order valence-corrected chi connectivity index (χ0v) is 22.4. The molecule has 0 unspecified atom stereocenters. The number of nitrogens with one attached hydrogen (secondary N) is 1. The lowest BCUT2D eigenvalue weighted by molar-refractivity contribution is -0.141. The van der Waals surface area contributed by atoms with E-state index in [-0.39, 0.29) is 30.8 Å². The first kappa shape index (κ1) is 28.7. The number of rotatable bonds is 14. The van der Waals surface area contributed by atoms with Crippen LogP contribution < -0.4 is 14.8 Å². The van der Waals surface area contributed by atoms with Crippen LogP contribution in [-0.2, 0) is 22.6 Å². The van der Waals surface area contributed by atoms with E-state index in [9.17, 15) is 14.0 Å². The van der Waals surface area contributed by atoms with Crippen LogP contribution in [0.4, 0.5) is 4.39 Å². The molecule has 3 aromatic rings. The van der Waals surface area contributed by atoms with E-state index >= 15 is 0 Å². The minimum atomic E-state index is -0.791. The van der Waals surface area contributed by atoms with Gasteiger partial charge < -0.3 is 19.7 Å². The smallest absolute Gasteiger partial charge is 0.243 e. The van der Waals surface area contributed by atoms with Gasteiger partial charge in [0.1, 0.15) is 23.4 Å². The fourth-order valence-corrected chi connectivity index (χ4v) is 4.03. The van der Waals surface area contributed by atoms with Crippen molar-refractivity contribution in [3.8, 4) is 11.5 Å². The maximum atomic E-state index is 14.7. The zero-order chi connectivity index (χ0) is 27.3. The summed E-state index contributed by atoms with van der Waals surface area (Å²) in [6.07, 6.45) is 1.69. The van der Waals surface area contributed by atoms with Gasteiger partial charge in [-0.15, -0.1) is 0 Å². The molecule has 2 amide bonds. The first-order chi connectivity index (χ1) is 18.4. The summed E-state index contributed by atoms with van der Waals surface area (Å²) in [7, 11) is 1.60. The molecule has 0 aliphatic rings. The van der Waals surface area contributed by atoms with Crippen LogP contribution in [0.1, 0.15) is 44.2 Å². The molecule has 0 bridgehead atoms. The van der Waals surface area contributed by atoms with Gasteiger partial charge in [0.05, 0.1) is 13.7 Å². The van der Waals surface area contributed by atoms with Crippen LogP contribution in [0.3, 0.4) is 0 Å². The summed E-state index contributed by atoms with van der Waals surface area (Å²) in [5.41, 5.74) is 1.29. The molecule has 0 aliphatic heterocycles. The fourth-order valence-electron chi connectivity index (χ4n) is 4.03. The molecular weight excluding hydrogens is 483 g/mol. The molecule has 0 radical (unpaired) electrons. The summed E-state index contributed by atoms with van der Waals surface area (Å²) in [5.74, 6) is 0.524. The number of ether oxygens (including phenoxy) is 2. The molecule has 7 heteroatoms. The van der Waals surface area contributed by atoms with Gasteiger partial charge in [-0.25, -0.2) is 4.39 Å². The average Bonchev–Trinajstić information content (AvgIpc) is 2.94. The van der Waals surface area contributed by atoms with Gasteiger partial charge in [-0.05, 0) is 55.7 Å². The molecule has 2 atom stereocenters. The lowest BCUT2D eigenvalue weighted by Gasteiger charge is -2.32. The number of methoxy groups -OCH3 is 1. The molecule has 0 aromatic heterocycles. The van der Waals surface area contributed by atoms with Crippen LogP contribution in [0.2, 0.25) is 0 Å². The summed E-state index contributed by atoms with van der Waals surface area (Å²) in [4.78, 5) is 28.6. The Morgan fingerprint density at radius 2 is 1.61 bits per heavy atom. The Morgan fingerprint density at radius 3 is 2.26 bits per heavy atom. The fraction of sp³-hybridized carbons (Fsp3) is 0.355. The summed E-state index contributed by atoms with van der Waals surface area (Å²) in [5, 5.41) is 3.02. The molecule has 38 heavy (non-hydrogen) atoms. The monoisotopic (exact) mass is 520 g/mol. The number of hydrogen-bond acceptors (Lipinski definition) is 4. The second-order valence-electron chi connectivity index (χ2n) is 9.26. The van der Waals surface area contributed by atoms with Crippen molar-refractivity contribution < 1.29 is 23.5 Å². The average molecular weight is 521 g/mol. The minimum absolute atomic E-state index is 0.00370. The van der Waals surface area contributed by atoms with Crippen LogP contribution in [0.15, 0.2) is 78.9 Å². The Bertz CT molecular complexity index is 1150. The van der Waals surface area contributed by atoms with Gasteiger partial charge in [0.25, 0.3) is 0 Å². The van der Waals surface area contributed by atoms with E-state index in [0.717, 1.165) is 17.7 Å². The van der Waals surface area contributed by atoms with Crippen LogP contribution in [0, 0.1) is 5.82 Å². The highest BCUT2D eigenvalue weighted by Gasteiger charge is 2.31. The van der Waals surface area contributed by atoms with E-state index in [4.69, 9.17) is 9.47 Å². The van der Waals surface area contributed by atoms with Gasteiger partial charge in [-0.3, -0.25) is 9.59 Å². The maximum absolute atomic E-state index is 14.7. The van der Waals surface area contributed by atoms with Crippen molar-refractivity contribution in [3.05, 3.63) is 95.8 Å². The quantitative estimate of drug-likeness (QED) is 0.283. The normalized spacial score (nSPS) is 12.3. The molecule has 0 saturated carbocycles. The Balaban J connectivity index is 1.78. The molecule has 6 nitrogen and oxygen atoms in total. The lowest BCUT2D eigenvalue weighted by atomic mass is 10.0. The van der Waals surface area contributed by atoms with Crippen molar-refractivity contribution in [2.45, 2.75) is 58.2 Å². The highest BCUT2D eigenvalue weighted by molar-refractivity contribution is 5.88. The van der Waals surface area contributed by atoms with Crippen LogP contribution in [0.5, 0.6) is 11.5 Å². The van der Waals surface area contributed by atoms with Gasteiger partial charge in [-0.2, -0.15) is 0 Å². The number of benzene rings is 3. The van der Waals surface area contributed by atoms with Crippen molar-refractivity contribution in [2.24, 2.45) is 0 Å². The first-order valence-electron chi connectivity index (χ1n) is 13.0. The van der Waals surface area contributed by atoms with Crippen molar-refractivity contribution in [1.82, 2.24) is 10.2 Å². The first-order valence-corrected chi connectivity index (χ1v) is 13.0. The van der Waals surface area contributed by atoms with Crippen LogP contribution in [-0.4, -0.2) is 42.5 Å². The van der Waals surface area contributed by atoms with Gasteiger partial charge in [0, 0.05) is 31.0 Å². The van der Waals surface area contributed by atoms with E-state index in [1.807, 2.05) is 44.2 Å².